The predicted molar refractivity (Wildman–Crippen MR) is 133 cm³/mol. The van der Waals surface area contributed by atoms with Gasteiger partial charge in [0.2, 0.25) is 5.95 Å². The molecular formula is C26H26N8O2. The van der Waals surface area contributed by atoms with Gasteiger partial charge in [-0.05, 0) is 43.7 Å². The zero-order valence-corrected chi connectivity index (χ0v) is 20.1. The Bertz CT molecular complexity index is 1390. The van der Waals surface area contributed by atoms with Crippen LogP contribution in [0.25, 0.3) is 22.6 Å². The number of nitrogens with one attached hydrogen (secondary N) is 1. The number of hydrogen-bond donors (Lipinski definition) is 1. The quantitative estimate of drug-likeness (QED) is 0.401. The summed E-state index contributed by atoms with van der Waals surface area (Å²) in [6.45, 7) is 3.74. The number of hydrogen-bond acceptors (Lipinski definition) is 9. The number of ether oxygens (including phenoxy) is 2. The first kappa shape index (κ1) is 23.5. The molecule has 10 heteroatoms. The monoisotopic (exact) mass is 482 g/mol. The summed E-state index contributed by atoms with van der Waals surface area (Å²) in [6.07, 6.45) is 2.64. The van der Waals surface area contributed by atoms with Crippen LogP contribution in [0.1, 0.15) is 36.4 Å². The SMILES string of the molecule is COC(C)c1cccc(Cn2cc(-c3cc(-c4cccc(C#N)c4)nc(NC4CCOC4)n3)nn2)n1. The second kappa shape index (κ2) is 10.6. The van der Waals surface area contributed by atoms with E-state index in [1.807, 2.05) is 55.6 Å². The molecule has 4 heterocycles. The number of anilines is 1. The molecule has 10 nitrogen and oxygen atoms in total. The summed E-state index contributed by atoms with van der Waals surface area (Å²) in [5.74, 6) is 0.484. The van der Waals surface area contributed by atoms with Crippen molar-refractivity contribution in [3.05, 3.63) is 71.7 Å². The van der Waals surface area contributed by atoms with Gasteiger partial charge in [-0.25, -0.2) is 14.6 Å². The average molecular weight is 483 g/mol. The smallest absolute Gasteiger partial charge is 0.224 e. The third kappa shape index (κ3) is 5.38. The number of aromatic nitrogens is 6. The van der Waals surface area contributed by atoms with E-state index in [9.17, 15) is 5.26 Å². The first-order chi connectivity index (χ1) is 17.6. The Balaban J connectivity index is 1.45. The maximum atomic E-state index is 9.33. The predicted octanol–water partition coefficient (Wildman–Crippen LogP) is 3.63. The lowest BCUT2D eigenvalue weighted by Gasteiger charge is -2.13. The van der Waals surface area contributed by atoms with Gasteiger partial charge in [-0.3, -0.25) is 4.98 Å². The molecule has 0 bridgehead atoms. The van der Waals surface area contributed by atoms with E-state index in [0.29, 0.717) is 48.4 Å². The van der Waals surface area contributed by atoms with Crippen molar-refractivity contribution in [3.8, 4) is 28.7 Å². The van der Waals surface area contributed by atoms with Crippen LogP contribution >= 0.6 is 0 Å². The number of pyridine rings is 1. The number of rotatable bonds is 8. The van der Waals surface area contributed by atoms with Gasteiger partial charge in [0.05, 0.1) is 65.9 Å². The molecule has 1 saturated heterocycles. The van der Waals surface area contributed by atoms with Crippen molar-refractivity contribution in [2.45, 2.75) is 32.0 Å². The molecule has 36 heavy (non-hydrogen) atoms. The first-order valence-electron chi connectivity index (χ1n) is 11.7. The summed E-state index contributed by atoms with van der Waals surface area (Å²) < 4.78 is 12.6. The maximum Gasteiger partial charge on any atom is 0.224 e. The van der Waals surface area contributed by atoms with Crippen LogP contribution in [0.2, 0.25) is 0 Å². The molecule has 2 unspecified atom stereocenters. The molecular weight excluding hydrogens is 456 g/mol. The highest BCUT2D eigenvalue weighted by Crippen LogP contribution is 2.26. The Hall–Kier alpha value is -4.20. The van der Waals surface area contributed by atoms with Gasteiger partial charge in [0.15, 0.2) is 0 Å². The van der Waals surface area contributed by atoms with Crippen molar-refractivity contribution in [3.63, 3.8) is 0 Å². The minimum absolute atomic E-state index is 0.0913. The summed E-state index contributed by atoms with van der Waals surface area (Å²) >= 11 is 0. The Morgan fingerprint density at radius 3 is 2.81 bits per heavy atom. The highest BCUT2D eigenvalue weighted by atomic mass is 16.5. The van der Waals surface area contributed by atoms with Crippen molar-refractivity contribution in [2.24, 2.45) is 0 Å². The number of methoxy groups -OCH3 is 1. The first-order valence-corrected chi connectivity index (χ1v) is 11.7. The zero-order chi connectivity index (χ0) is 24.9. The van der Waals surface area contributed by atoms with Crippen molar-refractivity contribution >= 4 is 5.95 Å². The summed E-state index contributed by atoms with van der Waals surface area (Å²) in [7, 11) is 1.66. The van der Waals surface area contributed by atoms with Crippen LogP contribution in [-0.4, -0.2) is 56.3 Å². The van der Waals surface area contributed by atoms with Gasteiger partial charge in [0, 0.05) is 19.3 Å². The van der Waals surface area contributed by atoms with Crippen LogP contribution in [0.4, 0.5) is 5.95 Å². The molecule has 1 aliphatic rings. The number of benzene rings is 1. The largest absolute Gasteiger partial charge is 0.379 e. The Morgan fingerprint density at radius 1 is 1.14 bits per heavy atom. The van der Waals surface area contributed by atoms with E-state index in [1.165, 1.54) is 0 Å². The molecule has 0 amide bonds. The fraction of sp³-hybridized carbons (Fsp3) is 0.308. The average Bonchev–Trinajstić information content (AvgIpc) is 3.60. The lowest BCUT2D eigenvalue weighted by molar-refractivity contribution is 0.116. The molecule has 5 rings (SSSR count). The van der Waals surface area contributed by atoms with Crippen LogP contribution in [-0.2, 0) is 16.0 Å². The third-order valence-electron chi connectivity index (χ3n) is 6.00. The summed E-state index contributed by atoms with van der Waals surface area (Å²) in [5.41, 5.74) is 5.04. The van der Waals surface area contributed by atoms with E-state index in [1.54, 1.807) is 17.9 Å². The maximum absolute atomic E-state index is 9.33. The van der Waals surface area contributed by atoms with Gasteiger partial charge in [0.25, 0.3) is 0 Å². The zero-order valence-electron chi connectivity index (χ0n) is 20.1. The van der Waals surface area contributed by atoms with E-state index in [-0.39, 0.29) is 12.1 Å². The number of nitrogens with zero attached hydrogens (tertiary/aromatic N) is 7. The van der Waals surface area contributed by atoms with Gasteiger partial charge in [-0.2, -0.15) is 5.26 Å². The molecule has 0 radical (unpaired) electrons. The second-order valence-electron chi connectivity index (χ2n) is 8.59. The lowest BCUT2D eigenvalue weighted by Crippen LogP contribution is -2.20. The minimum atomic E-state index is -0.0913. The highest BCUT2D eigenvalue weighted by molar-refractivity contribution is 5.68. The fourth-order valence-corrected chi connectivity index (χ4v) is 3.96. The minimum Gasteiger partial charge on any atom is -0.379 e. The van der Waals surface area contributed by atoms with E-state index < -0.39 is 0 Å². The fourth-order valence-electron chi connectivity index (χ4n) is 3.96. The Labute approximate surface area is 209 Å². The van der Waals surface area contributed by atoms with Gasteiger partial charge in [-0.15, -0.1) is 5.10 Å². The van der Waals surface area contributed by atoms with Crippen molar-refractivity contribution < 1.29 is 9.47 Å². The van der Waals surface area contributed by atoms with E-state index in [4.69, 9.17) is 19.4 Å². The van der Waals surface area contributed by atoms with Crippen molar-refractivity contribution in [2.75, 3.05) is 25.6 Å². The molecule has 2 atom stereocenters. The Kier molecular flexibility index (Phi) is 6.93. The Morgan fingerprint density at radius 2 is 2.00 bits per heavy atom. The normalized spacial score (nSPS) is 16.0. The van der Waals surface area contributed by atoms with Gasteiger partial charge >= 0.3 is 0 Å². The second-order valence-corrected chi connectivity index (χ2v) is 8.59. The molecule has 1 N–H and O–H groups in total. The highest BCUT2D eigenvalue weighted by Gasteiger charge is 2.19. The molecule has 0 spiro atoms. The molecule has 1 fully saturated rings. The van der Waals surface area contributed by atoms with Crippen LogP contribution in [0, 0.1) is 11.3 Å². The van der Waals surface area contributed by atoms with Crippen molar-refractivity contribution in [1.82, 2.24) is 29.9 Å². The molecule has 3 aromatic heterocycles. The summed E-state index contributed by atoms with van der Waals surface area (Å²) in [4.78, 5) is 14.1. The van der Waals surface area contributed by atoms with Crippen molar-refractivity contribution in [1.29, 1.82) is 5.26 Å². The number of nitriles is 1. The summed E-state index contributed by atoms with van der Waals surface area (Å²) in [6, 6.07) is 17.4. The van der Waals surface area contributed by atoms with E-state index in [2.05, 4.69) is 26.7 Å². The van der Waals surface area contributed by atoms with Crippen LogP contribution in [0.3, 0.4) is 0 Å². The molecule has 1 aliphatic heterocycles. The topological polar surface area (TPSA) is 124 Å². The third-order valence-corrected chi connectivity index (χ3v) is 6.00. The van der Waals surface area contributed by atoms with E-state index in [0.717, 1.165) is 23.4 Å². The molecule has 0 aliphatic carbocycles. The molecule has 0 saturated carbocycles. The molecule has 182 valence electrons. The lowest BCUT2D eigenvalue weighted by atomic mass is 10.1. The van der Waals surface area contributed by atoms with Crippen LogP contribution in [0.15, 0.2) is 54.7 Å². The van der Waals surface area contributed by atoms with Gasteiger partial charge < -0.3 is 14.8 Å². The van der Waals surface area contributed by atoms with Gasteiger partial charge in [0.1, 0.15) is 5.69 Å². The molecule has 1 aromatic carbocycles. The summed E-state index contributed by atoms with van der Waals surface area (Å²) in [5, 5.41) is 21.4. The van der Waals surface area contributed by atoms with Crippen LogP contribution in [0.5, 0.6) is 0 Å². The standard InChI is InChI=1S/C26H26N8O2/c1-17(35-2)22-8-4-7-20(28-22)14-34-15-25(32-33-34)24-12-23(19-6-3-5-18(11-19)13-27)30-26(31-24)29-21-9-10-36-16-21/h3-8,11-12,15,17,21H,9-10,14,16H2,1-2H3,(H,29,30,31). The molecule has 4 aromatic rings. The van der Waals surface area contributed by atoms with Gasteiger partial charge in [-0.1, -0.05) is 23.4 Å². The van der Waals surface area contributed by atoms with E-state index >= 15 is 0 Å². The van der Waals surface area contributed by atoms with Crippen LogP contribution < -0.4 is 5.32 Å².